The van der Waals surface area contributed by atoms with E-state index >= 15 is 0 Å². The van der Waals surface area contributed by atoms with Gasteiger partial charge in [0.25, 0.3) is 5.79 Å². The van der Waals surface area contributed by atoms with Crippen LogP contribution in [-0.4, -0.2) is 31.1 Å². The van der Waals surface area contributed by atoms with Crippen LogP contribution in [0.3, 0.4) is 0 Å². The van der Waals surface area contributed by atoms with Crippen LogP contribution in [-0.2, 0) is 4.74 Å². The molecule has 4 rings (SSSR count). The quantitative estimate of drug-likeness (QED) is 0.879. The van der Waals surface area contributed by atoms with Gasteiger partial charge in [-0.15, -0.1) is 0 Å². The Morgan fingerprint density at radius 1 is 1.09 bits per heavy atom. The predicted octanol–water partition coefficient (Wildman–Crippen LogP) is 3.03. The molecule has 124 valence electrons. The molecule has 23 heavy (non-hydrogen) atoms. The molecule has 0 radical (unpaired) electrons. The highest BCUT2D eigenvalue weighted by atomic mass is 16.7. The number of urea groups is 1. The SMILES string of the molecule is O=C(Nc1ccc2c(c1)OC1(CCCC1)O2)NC1CCOCC1. The number of carbonyl (C=O) groups excluding carboxylic acids is 1. The molecule has 3 aliphatic rings. The van der Waals surface area contributed by atoms with Crippen molar-refractivity contribution in [1.29, 1.82) is 0 Å². The van der Waals surface area contributed by atoms with Crippen molar-refractivity contribution in [2.45, 2.75) is 50.4 Å². The van der Waals surface area contributed by atoms with Gasteiger partial charge in [-0.05, 0) is 37.8 Å². The first-order valence-electron chi connectivity index (χ1n) is 8.40. The lowest BCUT2D eigenvalue weighted by Crippen LogP contribution is -2.41. The van der Waals surface area contributed by atoms with Gasteiger partial charge in [0, 0.05) is 43.9 Å². The van der Waals surface area contributed by atoms with E-state index < -0.39 is 5.79 Å². The Labute approximate surface area is 135 Å². The fraction of sp³-hybridized carbons (Fsp3) is 0.588. The van der Waals surface area contributed by atoms with Gasteiger partial charge in [0.2, 0.25) is 0 Å². The molecule has 2 heterocycles. The molecular weight excluding hydrogens is 296 g/mol. The summed E-state index contributed by atoms with van der Waals surface area (Å²) in [5.41, 5.74) is 0.715. The highest BCUT2D eigenvalue weighted by molar-refractivity contribution is 5.89. The van der Waals surface area contributed by atoms with Gasteiger partial charge in [0.15, 0.2) is 11.5 Å². The molecule has 1 aromatic rings. The van der Waals surface area contributed by atoms with Crippen LogP contribution < -0.4 is 20.1 Å². The Balaban J connectivity index is 1.38. The topological polar surface area (TPSA) is 68.8 Å². The van der Waals surface area contributed by atoms with Gasteiger partial charge in [0.05, 0.1) is 0 Å². The van der Waals surface area contributed by atoms with Gasteiger partial charge in [0.1, 0.15) is 0 Å². The van der Waals surface area contributed by atoms with E-state index in [1.165, 1.54) is 0 Å². The van der Waals surface area contributed by atoms with E-state index in [4.69, 9.17) is 14.2 Å². The Morgan fingerprint density at radius 2 is 1.83 bits per heavy atom. The highest BCUT2D eigenvalue weighted by Crippen LogP contribution is 2.47. The number of rotatable bonds is 2. The summed E-state index contributed by atoms with van der Waals surface area (Å²) in [6.45, 7) is 1.41. The largest absolute Gasteiger partial charge is 0.448 e. The molecule has 1 aromatic carbocycles. The van der Waals surface area contributed by atoms with Crippen LogP contribution in [0.4, 0.5) is 10.5 Å². The molecular formula is C17H22N2O4. The lowest BCUT2D eigenvalue weighted by molar-refractivity contribution is -0.0716. The minimum Gasteiger partial charge on any atom is -0.448 e. The summed E-state index contributed by atoms with van der Waals surface area (Å²) in [6.07, 6.45) is 5.83. The number of anilines is 1. The van der Waals surface area contributed by atoms with Crippen molar-refractivity contribution in [2.75, 3.05) is 18.5 Å². The molecule has 2 fully saturated rings. The molecule has 1 aliphatic carbocycles. The van der Waals surface area contributed by atoms with Crippen molar-refractivity contribution >= 4 is 11.7 Å². The second-order valence-electron chi connectivity index (χ2n) is 6.47. The third-order valence-corrected chi connectivity index (χ3v) is 4.72. The Bertz CT molecular complexity index is 592. The van der Waals surface area contributed by atoms with Gasteiger partial charge < -0.3 is 24.8 Å². The summed E-state index contributed by atoms with van der Waals surface area (Å²) in [6, 6.07) is 5.55. The van der Waals surface area contributed by atoms with Crippen LogP contribution in [0.5, 0.6) is 11.5 Å². The maximum absolute atomic E-state index is 12.1. The lowest BCUT2D eigenvalue weighted by atomic mass is 10.1. The minimum absolute atomic E-state index is 0.180. The van der Waals surface area contributed by atoms with Crippen LogP contribution >= 0.6 is 0 Å². The van der Waals surface area contributed by atoms with Gasteiger partial charge in [-0.2, -0.15) is 0 Å². The number of hydrogen-bond donors (Lipinski definition) is 2. The monoisotopic (exact) mass is 318 g/mol. The Hall–Kier alpha value is -1.95. The second-order valence-corrected chi connectivity index (χ2v) is 6.47. The Morgan fingerprint density at radius 3 is 2.61 bits per heavy atom. The van der Waals surface area contributed by atoms with Gasteiger partial charge in [-0.1, -0.05) is 0 Å². The summed E-state index contributed by atoms with van der Waals surface area (Å²) >= 11 is 0. The molecule has 0 atom stereocenters. The molecule has 1 saturated carbocycles. The van der Waals surface area contributed by atoms with Crippen LogP contribution in [0.2, 0.25) is 0 Å². The second kappa shape index (κ2) is 5.92. The first-order valence-corrected chi connectivity index (χ1v) is 8.40. The molecule has 6 nitrogen and oxygen atoms in total. The predicted molar refractivity (Wildman–Crippen MR) is 84.9 cm³/mol. The van der Waals surface area contributed by atoms with Crippen LogP contribution in [0, 0.1) is 0 Å². The van der Waals surface area contributed by atoms with Crippen molar-refractivity contribution in [3.8, 4) is 11.5 Å². The average Bonchev–Trinajstić information content (AvgIpc) is 3.14. The molecule has 2 aliphatic heterocycles. The zero-order valence-corrected chi connectivity index (χ0v) is 13.1. The van der Waals surface area contributed by atoms with Crippen molar-refractivity contribution in [2.24, 2.45) is 0 Å². The van der Waals surface area contributed by atoms with E-state index in [-0.39, 0.29) is 12.1 Å². The maximum atomic E-state index is 12.1. The maximum Gasteiger partial charge on any atom is 0.319 e. The number of ether oxygens (including phenoxy) is 3. The molecule has 1 spiro atoms. The van der Waals surface area contributed by atoms with E-state index in [9.17, 15) is 4.79 Å². The standard InChI is InChI=1S/C17H22N2O4/c20-16(18-12-5-9-21-10-6-12)19-13-3-4-14-15(11-13)23-17(22-14)7-1-2-8-17/h3-4,11-12H,1-2,5-10H2,(H2,18,19,20). The summed E-state index contributed by atoms with van der Waals surface area (Å²) in [4.78, 5) is 12.1. The minimum atomic E-state index is -0.467. The fourth-order valence-corrected chi connectivity index (χ4v) is 3.48. The number of benzene rings is 1. The van der Waals surface area contributed by atoms with E-state index in [2.05, 4.69) is 10.6 Å². The highest BCUT2D eigenvalue weighted by Gasteiger charge is 2.44. The van der Waals surface area contributed by atoms with E-state index in [1.54, 1.807) is 0 Å². The molecule has 0 unspecified atom stereocenters. The smallest absolute Gasteiger partial charge is 0.319 e. The number of fused-ring (bicyclic) bond motifs is 1. The Kier molecular flexibility index (Phi) is 3.77. The van der Waals surface area contributed by atoms with Gasteiger partial charge >= 0.3 is 6.03 Å². The first-order chi connectivity index (χ1) is 11.2. The number of amides is 2. The zero-order chi connectivity index (χ0) is 15.7. The summed E-state index contributed by atoms with van der Waals surface area (Å²) < 4.78 is 17.3. The van der Waals surface area contributed by atoms with Crippen LogP contribution in [0.1, 0.15) is 38.5 Å². The molecule has 1 saturated heterocycles. The van der Waals surface area contributed by atoms with Crippen LogP contribution in [0.25, 0.3) is 0 Å². The lowest BCUT2D eigenvalue weighted by Gasteiger charge is -2.23. The zero-order valence-electron chi connectivity index (χ0n) is 13.1. The summed E-state index contributed by atoms with van der Waals surface area (Å²) in [5, 5.41) is 5.85. The van der Waals surface area contributed by atoms with Crippen molar-refractivity contribution in [3.63, 3.8) is 0 Å². The van der Waals surface area contributed by atoms with Crippen molar-refractivity contribution < 1.29 is 19.0 Å². The van der Waals surface area contributed by atoms with E-state index in [0.29, 0.717) is 18.9 Å². The number of carbonyl (C=O) groups is 1. The van der Waals surface area contributed by atoms with E-state index in [0.717, 1.165) is 50.0 Å². The van der Waals surface area contributed by atoms with E-state index in [1.807, 2.05) is 18.2 Å². The summed E-state index contributed by atoms with van der Waals surface area (Å²) in [7, 11) is 0. The van der Waals surface area contributed by atoms with Crippen molar-refractivity contribution in [1.82, 2.24) is 5.32 Å². The summed E-state index contributed by atoms with van der Waals surface area (Å²) in [5.74, 6) is 1.02. The van der Waals surface area contributed by atoms with Gasteiger partial charge in [-0.25, -0.2) is 4.79 Å². The third-order valence-electron chi connectivity index (χ3n) is 4.72. The molecule has 2 amide bonds. The fourth-order valence-electron chi connectivity index (χ4n) is 3.48. The van der Waals surface area contributed by atoms with Crippen LogP contribution in [0.15, 0.2) is 18.2 Å². The first kappa shape index (κ1) is 14.6. The molecule has 6 heteroatoms. The molecule has 0 aromatic heterocycles. The number of nitrogens with one attached hydrogen (secondary N) is 2. The van der Waals surface area contributed by atoms with Crippen molar-refractivity contribution in [3.05, 3.63) is 18.2 Å². The average molecular weight is 318 g/mol. The molecule has 0 bridgehead atoms. The molecule has 2 N–H and O–H groups in total. The normalized spacial score (nSPS) is 22.3. The number of hydrogen-bond acceptors (Lipinski definition) is 4. The third kappa shape index (κ3) is 3.08. The van der Waals surface area contributed by atoms with Gasteiger partial charge in [-0.3, -0.25) is 0 Å².